The highest BCUT2D eigenvalue weighted by molar-refractivity contribution is 14.1. The number of hydrogen-bond acceptors (Lipinski definition) is 7. The summed E-state index contributed by atoms with van der Waals surface area (Å²) in [4.78, 5) is 4.46. The predicted molar refractivity (Wildman–Crippen MR) is 105 cm³/mol. The molecule has 1 aromatic heterocycles. The quantitative estimate of drug-likeness (QED) is 0.437. The molecule has 0 unspecified atom stereocenters. The number of benzene rings is 2. The lowest BCUT2D eigenvalue weighted by molar-refractivity contribution is 0.220. The van der Waals surface area contributed by atoms with Gasteiger partial charge in [0.25, 0.3) is 0 Å². The van der Waals surface area contributed by atoms with Crippen LogP contribution in [0.4, 0.5) is 5.69 Å². The number of ether oxygens (including phenoxy) is 1. The lowest BCUT2D eigenvalue weighted by Crippen LogP contribution is -2.17. The molecule has 2 N–H and O–H groups in total. The summed E-state index contributed by atoms with van der Waals surface area (Å²) in [6.07, 6.45) is 1.29. The van der Waals surface area contributed by atoms with Gasteiger partial charge in [-0.1, -0.05) is 30.0 Å². The molecule has 8 heteroatoms. The Morgan fingerprint density at radius 3 is 2.88 bits per heavy atom. The number of nitrogens with zero attached hydrogens (tertiary/aromatic N) is 3. The maximum atomic E-state index is 10.3. The van der Waals surface area contributed by atoms with Gasteiger partial charge in [0.15, 0.2) is 5.69 Å². The molecule has 0 radical (unpaired) electrons. The Kier molecular flexibility index (Phi) is 4.38. The standard InChI is InChI=1S/C17H13IN4O2S/c1-25-17-20-16-14(21-22-17)10-4-2-3-5-12(10)19-15(24-16)11-8-9(18)6-7-13(11)23/h2-8,15,19,23H,1H3/t15-/m0/s1. The molecule has 0 amide bonds. The molecule has 0 aliphatic carbocycles. The smallest absolute Gasteiger partial charge is 0.247 e. The van der Waals surface area contributed by atoms with Crippen LogP contribution in [0.3, 0.4) is 0 Å². The van der Waals surface area contributed by atoms with Crippen LogP contribution in [0.5, 0.6) is 11.6 Å². The highest BCUT2D eigenvalue weighted by Crippen LogP contribution is 2.40. The summed E-state index contributed by atoms with van der Waals surface area (Å²) in [6.45, 7) is 0. The number of para-hydroxylation sites is 1. The summed E-state index contributed by atoms with van der Waals surface area (Å²) in [6, 6.07) is 13.1. The van der Waals surface area contributed by atoms with Crippen molar-refractivity contribution in [1.29, 1.82) is 0 Å². The fourth-order valence-electron chi connectivity index (χ4n) is 2.61. The SMILES string of the molecule is CSc1nnc2c(n1)O[C@@H](c1cc(I)ccc1O)Nc1ccccc1-2. The third-order valence-corrected chi connectivity index (χ3v) is 5.00. The zero-order valence-corrected chi connectivity index (χ0v) is 16.1. The van der Waals surface area contributed by atoms with Gasteiger partial charge in [0, 0.05) is 14.8 Å². The first-order valence-corrected chi connectivity index (χ1v) is 9.76. The second-order valence-electron chi connectivity index (χ2n) is 5.34. The number of hydrogen-bond donors (Lipinski definition) is 2. The van der Waals surface area contributed by atoms with Crippen LogP contribution in [0.1, 0.15) is 11.8 Å². The first-order valence-electron chi connectivity index (χ1n) is 7.45. The fraction of sp³-hybridized carbons (Fsp3) is 0.118. The molecule has 2 heterocycles. The van der Waals surface area contributed by atoms with Gasteiger partial charge in [-0.05, 0) is 53.1 Å². The minimum Gasteiger partial charge on any atom is -0.507 e. The Hall–Kier alpha value is -2.07. The van der Waals surface area contributed by atoms with Crippen molar-refractivity contribution in [2.45, 2.75) is 11.4 Å². The average Bonchev–Trinajstić information content (AvgIpc) is 2.79. The first-order chi connectivity index (χ1) is 12.2. The average molecular weight is 464 g/mol. The van der Waals surface area contributed by atoms with Crippen LogP contribution in [-0.4, -0.2) is 26.5 Å². The number of nitrogens with one attached hydrogen (secondary N) is 1. The molecule has 25 heavy (non-hydrogen) atoms. The Balaban J connectivity index is 1.89. The summed E-state index contributed by atoms with van der Waals surface area (Å²) in [5.41, 5.74) is 2.92. The van der Waals surface area contributed by atoms with Crippen LogP contribution in [-0.2, 0) is 0 Å². The van der Waals surface area contributed by atoms with Gasteiger partial charge in [0.2, 0.25) is 17.3 Å². The number of fused-ring (bicyclic) bond motifs is 3. The summed E-state index contributed by atoms with van der Waals surface area (Å²) in [5.74, 6) is 0.547. The lowest BCUT2D eigenvalue weighted by Gasteiger charge is -2.20. The normalized spacial score (nSPS) is 15.4. The Morgan fingerprint density at radius 1 is 1.20 bits per heavy atom. The van der Waals surface area contributed by atoms with Crippen molar-refractivity contribution in [1.82, 2.24) is 15.2 Å². The van der Waals surface area contributed by atoms with E-state index < -0.39 is 6.23 Å². The van der Waals surface area contributed by atoms with E-state index in [2.05, 4.69) is 43.1 Å². The summed E-state index contributed by atoms with van der Waals surface area (Å²) in [7, 11) is 0. The van der Waals surface area contributed by atoms with Crippen molar-refractivity contribution in [2.24, 2.45) is 0 Å². The lowest BCUT2D eigenvalue weighted by atomic mass is 10.1. The minimum absolute atomic E-state index is 0.158. The maximum Gasteiger partial charge on any atom is 0.247 e. The number of anilines is 1. The third-order valence-electron chi connectivity index (χ3n) is 3.79. The minimum atomic E-state index is -0.594. The van der Waals surface area contributed by atoms with Crippen molar-refractivity contribution in [2.75, 3.05) is 11.6 Å². The molecule has 1 atom stereocenters. The largest absolute Gasteiger partial charge is 0.507 e. The van der Waals surface area contributed by atoms with E-state index in [1.54, 1.807) is 6.07 Å². The first kappa shape index (κ1) is 16.4. The molecule has 3 aromatic rings. The van der Waals surface area contributed by atoms with Gasteiger partial charge in [-0.2, -0.15) is 4.98 Å². The van der Waals surface area contributed by atoms with Crippen LogP contribution >= 0.6 is 34.4 Å². The molecule has 0 saturated heterocycles. The van der Waals surface area contributed by atoms with Crippen molar-refractivity contribution in [3.05, 3.63) is 51.6 Å². The monoisotopic (exact) mass is 464 g/mol. The number of halogens is 1. The highest BCUT2D eigenvalue weighted by atomic mass is 127. The van der Waals surface area contributed by atoms with E-state index >= 15 is 0 Å². The Bertz CT molecular complexity index is 954. The van der Waals surface area contributed by atoms with E-state index in [4.69, 9.17) is 4.74 Å². The highest BCUT2D eigenvalue weighted by Gasteiger charge is 2.27. The number of rotatable bonds is 2. The molecular formula is C17H13IN4O2S. The fourth-order valence-corrected chi connectivity index (χ4v) is 3.42. The summed E-state index contributed by atoms with van der Waals surface area (Å²) < 4.78 is 7.10. The molecule has 0 spiro atoms. The number of aromatic nitrogens is 3. The summed E-state index contributed by atoms with van der Waals surface area (Å²) >= 11 is 3.60. The molecule has 0 bridgehead atoms. The second kappa shape index (κ2) is 6.68. The second-order valence-corrected chi connectivity index (χ2v) is 7.36. The molecule has 1 aliphatic heterocycles. The van der Waals surface area contributed by atoms with Gasteiger partial charge in [-0.3, -0.25) is 0 Å². The molecule has 0 fully saturated rings. The number of thioether (sulfide) groups is 1. The molecule has 0 saturated carbocycles. The number of phenolic OH excluding ortho intramolecular Hbond substituents is 1. The zero-order chi connectivity index (χ0) is 17.4. The Morgan fingerprint density at radius 2 is 2.04 bits per heavy atom. The summed E-state index contributed by atoms with van der Waals surface area (Å²) in [5, 5.41) is 22.6. The maximum absolute atomic E-state index is 10.3. The third kappa shape index (κ3) is 3.11. The molecule has 4 rings (SSSR count). The topological polar surface area (TPSA) is 80.2 Å². The van der Waals surface area contributed by atoms with Crippen LogP contribution in [0, 0.1) is 3.57 Å². The van der Waals surface area contributed by atoms with E-state index in [0.717, 1.165) is 14.8 Å². The number of phenols is 1. The van der Waals surface area contributed by atoms with Gasteiger partial charge >= 0.3 is 0 Å². The van der Waals surface area contributed by atoms with E-state index in [-0.39, 0.29) is 5.75 Å². The molecule has 2 aromatic carbocycles. The van der Waals surface area contributed by atoms with E-state index in [9.17, 15) is 5.11 Å². The van der Waals surface area contributed by atoms with Crippen molar-refractivity contribution in [3.63, 3.8) is 0 Å². The molecule has 6 nitrogen and oxygen atoms in total. The Labute approximate surface area is 162 Å². The molecule has 126 valence electrons. The van der Waals surface area contributed by atoms with E-state index in [1.807, 2.05) is 42.7 Å². The van der Waals surface area contributed by atoms with Gasteiger partial charge < -0.3 is 15.2 Å². The van der Waals surface area contributed by atoms with E-state index in [1.165, 1.54) is 11.8 Å². The van der Waals surface area contributed by atoms with Gasteiger partial charge in [-0.25, -0.2) is 0 Å². The van der Waals surface area contributed by atoms with Crippen LogP contribution in [0.2, 0.25) is 0 Å². The molecular weight excluding hydrogens is 451 g/mol. The predicted octanol–water partition coefficient (Wildman–Crippen LogP) is 4.07. The van der Waals surface area contributed by atoms with Crippen molar-refractivity contribution in [3.8, 4) is 22.9 Å². The van der Waals surface area contributed by atoms with Gasteiger partial charge in [0.1, 0.15) is 5.75 Å². The van der Waals surface area contributed by atoms with Gasteiger partial charge in [-0.15, -0.1) is 10.2 Å². The van der Waals surface area contributed by atoms with Crippen LogP contribution in [0.15, 0.2) is 47.6 Å². The van der Waals surface area contributed by atoms with Crippen LogP contribution in [0.25, 0.3) is 11.3 Å². The van der Waals surface area contributed by atoms with Crippen LogP contribution < -0.4 is 10.1 Å². The van der Waals surface area contributed by atoms with Gasteiger partial charge in [0.05, 0.1) is 5.56 Å². The zero-order valence-electron chi connectivity index (χ0n) is 13.1. The van der Waals surface area contributed by atoms with E-state index in [0.29, 0.717) is 22.3 Å². The van der Waals surface area contributed by atoms with Crippen molar-refractivity contribution >= 4 is 40.0 Å². The number of aromatic hydroxyl groups is 1. The molecule has 1 aliphatic rings. The van der Waals surface area contributed by atoms with Crippen molar-refractivity contribution < 1.29 is 9.84 Å².